The number of guanidine groups is 1. The first-order chi connectivity index (χ1) is 12.8. The van der Waals surface area contributed by atoms with E-state index in [1.54, 1.807) is 0 Å². The number of likely N-dealkylation sites (tertiary alicyclic amines) is 1. The molecule has 26 heavy (non-hydrogen) atoms. The number of aliphatic imine (C=N–C) groups is 1. The molecule has 1 aliphatic rings. The summed E-state index contributed by atoms with van der Waals surface area (Å²) in [4.78, 5) is 6.92. The first kappa shape index (κ1) is 18.6. The van der Waals surface area contributed by atoms with E-state index in [9.17, 15) is 0 Å². The Kier molecular flexibility index (Phi) is 6.82. The maximum absolute atomic E-state index is 4.31. The molecule has 1 saturated heterocycles. The predicted molar refractivity (Wildman–Crippen MR) is 106 cm³/mol. The second kappa shape index (κ2) is 9.52. The van der Waals surface area contributed by atoms with Gasteiger partial charge in [-0.2, -0.15) is 0 Å². The summed E-state index contributed by atoms with van der Waals surface area (Å²) in [5.41, 5.74) is 0.886. The summed E-state index contributed by atoms with van der Waals surface area (Å²) in [6, 6.07) is 6.67. The Morgan fingerprint density at radius 1 is 1.23 bits per heavy atom. The Hall–Kier alpha value is -2.15. The van der Waals surface area contributed by atoms with Gasteiger partial charge in [0.1, 0.15) is 5.82 Å². The molecule has 0 radical (unpaired) electrons. The highest BCUT2D eigenvalue weighted by Gasteiger charge is 2.17. The third kappa shape index (κ3) is 4.94. The highest BCUT2D eigenvalue weighted by atomic mass is 15.2. The van der Waals surface area contributed by atoms with Gasteiger partial charge < -0.3 is 15.5 Å². The molecule has 0 aromatic carbocycles. The molecule has 2 aromatic heterocycles. The van der Waals surface area contributed by atoms with Crippen LogP contribution in [0, 0.1) is 0 Å². The lowest BCUT2D eigenvalue weighted by Gasteiger charge is -2.33. The van der Waals surface area contributed by atoms with Gasteiger partial charge in [0.2, 0.25) is 0 Å². The van der Waals surface area contributed by atoms with Crippen molar-refractivity contribution in [1.29, 1.82) is 0 Å². The summed E-state index contributed by atoms with van der Waals surface area (Å²) in [7, 11) is 1.81. The minimum atomic E-state index is 0.735. The van der Waals surface area contributed by atoms with E-state index in [2.05, 4.69) is 37.6 Å². The van der Waals surface area contributed by atoms with E-state index in [1.165, 1.54) is 25.8 Å². The van der Waals surface area contributed by atoms with Crippen LogP contribution < -0.4 is 10.6 Å². The van der Waals surface area contributed by atoms with Crippen LogP contribution in [0.3, 0.4) is 0 Å². The van der Waals surface area contributed by atoms with Gasteiger partial charge in [-0.3, -0.25) is 9.39 Å². The van der Waals surface area contributed by atoms with Crippen molar-refractivity contribution in [2.24, 2.45) is 4.99 Å². The average Bonchev–Trinajstić information content (AvgIpc) is 3.08. The van der Waals surface area contributed by atoms with Crippen LogP contribution in [0.5, 0.6) is 0 Å². The molecule has 7 nitrogen and oxygen atoms in total. The number of hydrogen-bond donors (Lipinski definition) is 2. The number of fused-ring (bicyclic) bond motifs is 1. The van der Waals surface area contributed by atoms with Gasteiger partial charge in [0, 0.05) is 45.3 Å². The van der Waals surface area contributed by atoms with Crippen LogP contribution in [-0.2, 0) is 6.42 Å². The standard InChI is InChI=1S/C19H31N7/c1-16-8-3-5-13-25(16)14-7-11-21-19(20-2)22-12-10-18-24-23-17-9-4-6-15-26(17)18/h4,6,9,15-16H,3,5,7-8,10-14H2,1-2H3,(H2,20,21,22). The molecule has 1 aliphatic heterocycles. The molecule has 0 saturated carbocycles. The van der Waals surface area contributed by atoms with Crippen molar-refractivity contribution in [3.63, 3.8) is 0 Å². The van der Waals surface area contributed by atoms with E-state index in [0.717, 1.165) is 55.9 Å². The van der Waals surface area contributed by atoms with E-state index in [1.807, 2.05) is 35.8 Å². The topological polar surface area (TPSA) is 69.8 Å². The highest BCUT2D eigenvalue weighted by molar-refractivity contribution is 5.79. The van der Waals surface area contributed by atoms with Crippen molar-refractivity contribution in [2.45, 2.75) is 45.1 Å². The SMILES string of the molecule is CN=C(NCCCN1CCCCC1C)NCCc1nnc2ccccn12. The molecule has 142 valence electrons. The van der Waals surface area contributed by atoms with Crippen molar-refractivity contribution in [3.05, 3.63) is 30.2 Å². The Balaban J connectivity index is 1.35. The van der Waals surface area contributed by atoms with Gasteiger partial charge in [-0.15, -0.1) is 10.2 Å². The number of rotatable bonds is 7. The zero-order chi connectivity index (χ0) is 18.2. The molecular weight excluding hydrogens is 326 g/mol. The predicted octanol–water partition coefficient (Wildman–Crippen LogP) is 1.70. The average molecular weight is 358 g/mol. The van der Waals surface area contributed by atoms with Crippen LogP contribution in [0.4, 0.5) is 0 Å². The monoisotopic (exact) mass is 357 g/mol. The van der Waals surface area contributed by atoms with Gasteiger partial charge in [0.05, 0.1) is 0 Å². The zero-order valence-corrected chi connectivity index (χ0v) is 16.0. The molecule has 3 rings (SSSR count). The van der Waals surface area contributed by atoms with Crippen LogP contribution >= 0.6 is 0 Å². The highest BCUT2D eigenvalue weighted by Crippen LogP contribution is 2.16. The van der Waals surface area contributed by atoms with E-state index < -0.39 is 0 Å². The Bertz CT molecular complexity index is 709. The van der Waals surface area contributed by atoms with Crippen LogP contribution in [-0.4, -0.2) is 64.7 Å². The molecule has 2 aromatic rings. The van der Waals surface area contributed by atoms with Crippen LogP contribution in [0.2, 0.25) is 0 Å². The molecular formula is C19H31N7. The van der Waals surface area contributed by atoms with Gasteiger partial charge >= 0.3 is 0 Å². The number of hydrogen-bond acceptors (Lipinski definition) is 4. The van der Waals surface area contributed by atoms with Crippen molar-refractivity contribution in [2.75, 3.05) is 33.2 Å². The summed E-state index contributed by atoms with van der Waals surface area (Å²) in [5.74, 6) is 1.81. The van der Waals surface area contributed by atoms with E-state index in [0.29, 0.717) is 0 Å². The van der Waals surface area contributed by atoms with Crippen molar-refractivity contribution < 1.29 is 0 Å². The number of nitrogens with zero attached hydrogens (tertiary/aromatic N) is 5. The number of aromatic nitrogens is 3. The minimum absolute atomic E-state index is 0.735. The Morgan fingerprint density at radius 2 is 2.12 bits per heavy atom. The molecule has 2 N–H and O–H groups in total. The lowest BCUT2D eigenvalue weighted by atomic mass is 10.0. The quantitative estimate of drug-likeness (QED) is 0.448. The molecule has 1 atom stereocenters. The third-order valence-corrected chi connectivity index (χ3v) is 5.10. The van der Waals surface area contributed by atoms with Gasteiger partial charge in [0.15, 0.2) is 11.6 Å². The lowest BCUT2D eigenvalue weighted by Crippen LogP contribution is -2.41. The maximum Gasteiger partial charge on any atom is 0.190 e. The minimum Gasteiger partial charge on any atom is -0.356 e. The summed E-state index contributed by atoms with van der Waals surface area (Å²) in [6.45, 7) is 6.48. The molecule has 1 unspecified atom stereocenters. The fourth-order valence-corrected chi connectivity index (χ4v) is 3.55. The molecule has 0 spiro atoms. The zero-order valence-electron chi connectivity index (χ0n) is 16.0. The Labute approximate surface area is 155 Å². The Morgan fingerprint density at radius 3 is 2.96 bits per heavy atom. The third-order valence-electron chi connectivity index (χ3n) is 5.10. The smallest absolute Gasteiger partial charge is 0.190 e. The van der Waals surface area contributed by atoms with Crippen LogP contribution in [0.1, 0.15) is 38.4 Å². The van der Waals surface area contributed by atoms with Gasteiger partial charge in [-0.1, -0.05) is 12.5 Å². The molecule has 0 amide bonds. The van der Waals surface area contributed by atoms with Crippen LogP contribution in [0.25, 0.3) is 5.65 Å². The van der Waals surface area contributed by atoms with Gasteiger partial charge in [0.25, 0.3) is 0 Å². The molecule has 3 heterocycles. The van der Waals surface area contributed by atoms with E-state index in [4.69, 9.17) is 0 Å². The van der Waals surface area contributed by atoms with Crippen molar-refractivity contribution in [1.82, 2.24) is 30.1 Å². The van der Waals surface area contributed by atoms with E-state index >= 15 is 0 Å². The molecule has 0 aliphatic carbocycles. The number of pyridine rings is 1. The van der Waals surface area contributed by atoms with Crippen molar-refractivity contribution in [3.8, 4) is 0 Å². The van der Waals surface area contributed by atoms with Crippen molar-refractivity contribution >= 4 is 11.6 Å². The molecule has 1 fully saturated rings. The number of nitrogens with one attached hydrogen (secondary N) is 2. The molecule has 7 heteroatoms. The van der Waals surface area contributed by atoms with E-state index in [-0.39, 0.29) is 0 Å². The summed E-state index contributed by atoms with van der Waals surface area (Å²) in [5, 5.41) is 15.2. The second-order valence-electron chi connectivity index (χ2n) is 6.96. The fraction of sp³-hybridized carbons (Fsp3) is 0.632. The molecule has 0 bridgehead atoms. The summed E-state index contributed by atoms with van der Waals surface area (Å²) < 4.78 is 2.03. The maximum atomic E-state index is 4.31. The number of piperidine rings is 1. The normalized spacial score (nSPS) is 19.0. The summed E-state index contributed by atoms with van der Waals surface area (Å²) in [6.07, 6.45) is 8.01. The first-order valence-corrected chi connectivity index (χ1v) is 9.75. The summed E-state index contributed by atoms with van der Waals surface area (Å²) >= 11 is 0. The van der Waals surface area contributed by atoms with Gasteiger partial charge in [-0.05, 0) is 44.9 Å². The van der Waals surface area contributed by atoms with Gasteiger partial charge in [-0.25, -0.2) is 0 Å². The lowest BCUT2D eigenvalue weighted by molar-refractivity contribution is 0.159. The first-order valence-electron chi connectivity index (χ1n) is 9.75. The van der Waals surface area contributed by atoms with Crippen LogP contribution in [0.15, 0.2) is 29.4 Å². The fourth-order valence-electron chi connectivity index (χ4n) is 3.55. The second-order valence-corrected chi connectivity index (χ2v) is 6.96. The largest absolute Gasteiger partial charge is 0.356 e.